The summed E-state index contributed by atoms with van der Waals surface area (Å²) in [4.78, 5) is 85.6. The lowest BCUT2D eigenvalue weighted by atomic mass is 9.89. The van der Waals surface area contributed by atoms with Crippen molar-refractivity contribution in [3.63, 3.8) is 0 Å². The zero-order valence-corrected chi connectivity index (χ0v) is 38.2. The maximum Gasteiger partial charge on any atom is 0.490 e. The van der Waals surface area contributed by atoms with Gasteiger partial charge in [0.1, 0.15) is 47.6 Å². The van der Waals surface area contributed by atoms with Crippen LogP contribution < -0.4 is 45.5 Å². The van der Waals surface area contributed by atoms with Gasteiger partial charge in [-0.05, 0) is 36.6 Å². The number of aromatic hydroxyl groups is 1. The normalized spacial score (nSPS) is 18.8. The van der Waals surface area contributed by atoms with Crippen LogP contribution in [-0.2, 0) is 36.3 Å². The molecule has 16 N–H and O–H groups in total. The topological polar surface area (TPSA) is 460 Å². The molecule has 1 saturated heterocycles. The van der Waals surface area contributed by atoms with Gasteiger partial charge in [0.2, 0.25) is 5.95 Å². The molecule has 28 nitrogen and oxygen atoms in total. The van der Waals surface area contributed by atoms with E-state index in [9.17, 15) is 58.3 Å². The molecule has 0 radical (unpaired) electrons. The largest absolute Gasteiger partial charge is 1.00 e. The van der Waals surface area contributed by atoms with E-state index in [2.05, 4.69) is 45.3 Å². The van der Waals surface area contributed by atoms with Gasteiger partial charge in [-0.2, -0.15) is 13.6 Å². The first-order chi connectivity index (χ1) is 31.9. The van der Waals surface area contributed by atoms with Crippen molar-refractivity contribution in [1.82, 2.24) is 24.8 Å². The van der Waals surface area contributed by atoms with Gasteiger partial charge in [-0.25, -0.2) is 23.5 Å². The number of aromatic amines is 1. The van der Waals surface area contributed by atoms with Gasteiger partial charge in [0.05, 0.1) is 18.2 Å². The summed E-state index contributed by atoms with van der Waals surface area (Å²) < 4.78 is 64.8. The predicted molar refractivity (Wildman–Crippen MR) is 229 cm³/mol. The summed E-state index contributed by atoms with van der Waals surface area (Å²) in [6.07, 6.45) is -7.10. The number of phosphoric ester groups is 1. The number of hydrogen-bond acceptors (Lipinski definition) is 19. The molecule has 7 rings (SSSR count). The maximum absolute atomic E-state index is 13.2. The van der Waals surface area contributed by atoms with Crippen molar-refractivity contribution in [3.05, 3.63) is 81.2 Å². The number of nitrogens with zero attached hydrogens (tertiary/aromatic N) is 3. The highest BCUT2D eigenvalue weighted by Crippen LogP contribution is 2.66. The first-order valence-electron chi connectivity index (χ1n) is 19.3. The summed E-state index contributed by atoms with van der Waals surface area (Å²) in [5.74, 6) is 1.74. The minimum Gasteiger partial charge on any atom is -1.00 e. The number of benzene rings is 3. The van der Waals surface area contributed by atoms with E-state index in [-0.39, 0.29) is 66.7 Å². The van der Waals surface area contributed by atoms with Crippen LogP contribution in [0.2, 0.25) is 0 Å². The van der Waals surface area contributed by atoms with Crippen molar-refractivity contribution >= 4 is 69.1 Å². The van der Waals surface area contributed by atoms with Gasteiger partial charge in [-0.1, -0.05) is 12.0 Å². The van der Waals surface area contributed by atoms with Gasteiger partial charge in [-0.15, -0.1) is 0 Å². The summed E-state index contributed by atoms with van der Waals surface area (Å²) in [6.45, 7) is -1.46. The number of anilines is 2. The number of ether oxygens (including phenoxy) is 2. The van der Waals surface area contributed by atoms with Crippen LogP contribution in [0.1, 0.15) is 39.2 Å². The van der Waals surface area contributed by atoms with Crippen LogP contribution >= 0.6 is 23.5 Å². The Morgan fingerprint density at radius 3 is 2.41 bits per heavy atom. The highest BCUT2D eigenvalue weighted by Gasteiger charge is 2.47. The SMILES string of the molecule is Nc1ccc2c(-c3ccc(C(=O)NCCCOCC#Cc4nc5c(=O)[nH]c(N)nc5n4[C@@H]4O[C@H](COP(=O)(O)OP(=O)(O)OP(=O)(O)O)[C@@H](O)[C@H]4O)c(O)c3C(=O)O)c3ccc(=[NH2+])cc-3oc2c1.[Cl-]. The third-order valence-electron chi connectivity index (χ3n) is 9.78. The number of fused-ring (bicyclic) bond motifs is 3. The van der Waals surface area contributed by atoms with Gasteiger partial charge in [-0.3, -0.25) is 29.1 Å². The number of nitrogen functional groups attached to an aromatic ring is 2. The Bertz CT molecular complexity index is 3300. The van der Waals surface area contributed by atoms with E-state index in [0.717, 1.165) is 4.57 Å². The number of aliphatic hydroxyl groups excluding tert-OH is 2. The molecule has 3 aliphatic rings. The fourth-order valence-electron chi connectivity index (χ4n) is 7.00. The fraction of sp³-hybridized carbons (Fsp3) is 0.243. The Kier molecular flexibility index (Phi) is 15.5. The van der Waals surface area contributed by atoms with Gasteiger partial charge in [0, 0.05) is 53.0 Å². The molecule has 1 amide bonds. The van der Waals surface area contributed by atoms with Gasteiger partial charge in [0.25, 0.3) is 11.5 Å². The first-order valence-corrected chi connectivity index (χ1v) is 23.8. The molecule has 6 atom stereocenters. The number of carboxylic acids is 1. The summed E-state index contributed by atoms with van der Waals surface area (Å²) in [5.41, 5.74) is 11.0. The van der Waals surface area contributed by atoms with E-state index < -0.39 is 89.3 Å². The molecular weight excluding hydrogens is 1000 g/mol. The molecule has 4 aromatic rings. The van der Waals surface area contributed by atoms with Crippen LogP contribution in [0, 0.1) is 11.8 Å². The van der Waals surface area contributed by atoms with Crippen molar-refractivity contribution in [3.8, 4) is 40.0 Å². The van der Waals surface area contributed by atoms with Crippen molar-refractivity contribution < 1.29 is 108 Å². The molecule has 2 aliphatic heterocycles. The van der Waals surface area contributed by atoms with Crippen molar-refractivity contribution in [2.45, 2.75) is 31.0 Å². The molecule has 368 valence electrons. The number of nitrogens with one attached hydrogen (secondary N) is 2. The number of aliphatic hydroxyl groups is 2. The lowest BCUT2D eigenvalue weighted by Gasteiger charge is -2.19. The molecular formula is C37H38ClN8O20P3. The smallest absolute Gasteiger partial charge is 0.490 e. The fourth-order valence-corrected chi connectivity index (χ4v) is 10.0. The molecule has 4 heterocycles. The molecule has 1 fully saturated rings. The number of phenols is 1. The second-order valence-corrected chi connectivity index (χ2v) is 18.9. The zero-order valence-electron chi connectivity index (χ0n) is 34.7. The van der Waals surface area contributed by atoms with E-state index in [1.54, 1.807) is 36.4 Å². The molecule has 32 heteroatoms. The van der Waals surface area contributed by atoms with Crippen LogP contribution in [0.25, 0.3) is 44.6 Å². The number of nitrogens with two attached hydrogens (primary N) is 3. The molecule has 0 bridgehead atoms. The molecule has 0 spiro atoms. The van der Waals surface area contributed by atoms with E-state index >= 15 is 0 Å². The standard InChI is InChI=1S/C37H37N8O20P3.ClH/c38-16-4-6-18-22(13-16)62-23-14-17(39)5-7-19(23)26(18)20-8-9-21(29(46)27(20)36(51)52)33(49)41-10-2-12-60-11-1-3-25-42-28-32(43-37(40)44-34(28)50)45(25)35-31(48)30(47)24(63-35)15-61-67(56,57)65-68(58,59)64-66(53,54)55;/h4-9,13-14,24,30-31,35,38,46-48H,2,10-12,15,39H2,(H,41,49)(H,51,52)(H,56,57)(H,58,59)(H2,53,54,55)(H3,40,43,44,50);1H/t24-,30-,31-,35-;/m1./s1. The lowest BCUT2D eigenvalue weighted by Crippen LogP contribution is -3.00. The highest BCUT2D eigenvalue weighted by molar-refractivity contribution is 7.66. The third-order valence-corrected chi connectivity index (χ3v) is 13.6. The highest BCUT2D eigenvalue weighted by atomic mass is 35.5. The number of phosphoric acid groups is 3. The predicted octanol–water partition coefficient (Wildman–Crippen LogP) is -3.98. The minimum atomic E-state index is -5.88. The van der Waals surface area contributed by atoms with Crippen LogP contribution in [0.3, 0.4) is 0 Å². The van der Waals surface area contributed by atoms with E-state index in [1.807, 2.05) is 0 Å². The monoisotopic (exact) mass is 1040 g/mol. The van der Waals surface area contributed by atoms with Crippen molar-refractivity contribution in [1.29, 1.82) is 0 Å². The molecule has 2 aromatic carbocycles. The van der Waals surface area contributed by atoms with E-state index in [4.69, 9.17) is 40.6 Å². The molecule has 1 aliphatic carbocycles. The number of rotatable bonds is 16. The van der Waals surface area contributed by atoms with E-state index in [0.29, 0.717) is 38.9 Å². The molecule has 2 unspecified atom stereocenters. The summed E-state index contributed by atoms with van der Waals surface area (Å²) in [7, 11) is -17.2. The second kappa shape index (κ2) is 20.5. The second-order valence-electron chi connectivity index (χ2n) is 14.5. The Morgan fingerprint density at radius 1 is 0.971 bits per heavy atom. The van der Waals surface area contributed by atoms with E-state index in [1.165, 1.54) is 12.1 Å². The Balaban J connectivity index is 0.00000782. The number of halogens is 1. The van der Waals surface area contributed by atoms with Crippen LogP contribution in [-0.4, -0.2) is 116 Å². The number of aromatic nitrogens is 4. The van der Waals surface area contributed by atoms with Crippen LogP contribution in [0.5, 0.6) is 5.75 Å². The van der Waals surface area contributed by atoms with Gasteiger partial charge < -0.3 is 83.1 Å². The summed E-state index contributed by atoms with van der Waals surface area (Å²) in [6, 6.07) is 12.3. The Morgan fingerprint density at radius 2 is 1.70 bits per heavy atom. The van der Waals surface area contributed by atoms with Crippen molar-refractivity contribution in [2.75, 3.05) is 37.8 Å². The number of carbonyl (C=O) groups excluding carboxylic acids is 1. The van der Waals surface area contributed by atoms with Gasteiger partial charge >= 0.3 is 29.4 Å². The number of hydrogen-bond donors (Lipinski definition) is 13. The number of H-pyrrole nitrogens is 1. The molecule has 69 heavy (non-hydrogen) atoms. The van der Waals surface area contributed by atoms with Crippen molar-refractivity contribution in [2.24, 2.45) is 0 Å². The first kappa shape index (κ1) is 52.3. The summed E-state index contributed by atoms with van der Waals surface area (Å²) in [5, 5.41) is 52.6. The zero-order chi connectivity index (χ0) is 49.5. The lowest BCUT2D eigenvalue weighted by molar-refractivity contribution is -0.172. The van der Waals surface area contributed by atoms with Gasteiger partial charge in [0.15, 0.2) is 28.6 Å². The van der Waals surface area contributed by atoms with Crippen LogP contribution in [0.15, 0.2) is 57.7 Å². The van der Waals surface area contributed by atoms with Crippen LogP contribution in [0.4, 0.5) is 11.6 Å². The molecule has 2 aromatic heterocycles. The number of imidazole rings is 1. The average molecular weight is 1040 g/mol. The maximum atomic E-state index is 13.2. The Hall–Kier alpha value is -6.08. The molecule has 0 saturated carbocycles. The quantitative estimate of drug-likeness (QED) is 0.0145. The Labute approximate surface area is 391 Å². The minimum absolute atomic E-state index is 0. The number of carboxylic acid groups (broad SMARTS) is 1. The third kappa shape index (κ3) is 11.7. The number of carbonyl (C=O) groups is 2. The number of amides is 1. The average Bonchev–Trinajstić information content (AvgIpc) is 3.72. The summed E-state index contributed by atoms with van der Waals surface area (Å²) >= 11 is 0. The number of aromatic carboxylic acids is 1.